The predicted molar refractivity (Wildman–Crippen MR) is 71.6 cm³/mol. The van der Waals surface area contributed by atoms with Crippen LogP contribution in [0, 0.1) is 6.92 Å². The van der Waals surface area contributed by atoms with Gasteiger partial charge in [-0.3, -0.25) is 0 Å². The van der Waals surface area contributed by atoms with Crippen molar-refractivity contribution >= 4 is 15.9 Å². The molecule has 16 heavy (non-hydrogen) atoms. The SMILES string of the molecule is Cc1ccc(Br)cc1CNC1CCNCC1. The second kappa shape index (κ2) is 5.80. The normalized spacial score (nSPS) is 17.6. The smallest absolute Gasteiger partial charge is 0.0211 e. The van der Waals surface area contributed by atoms with Crippen LogP contribution < -0.4 is 10.6 Å². The third kappa shape index (κ3) is 3.30. The molecule has 2 N–H and O–H groups in total. The minimum absolute atomic E-state index is 0.680. The average molecular weight is 283 g/mol. The van der Waals surface area contributed by atoms with E-state index < -0.39 is 0 Å². The van der Waals surface area contributed by atoms with Crippen molar-refractivity contribution in [1.29, 1.82) is 0 Å². The van der Waals surface area contributed by atoms with Crippen LogP contribution in [0.25, 0.3) is 0 Å². The number of nitrogens with one attached hydrogen (secondary N) is 2. The largest absolute Gasteiger partial charge is 0.317 e. The number of hydrogen-bond donors (Lipinski definition) is 2. The summed E-state index contributed by atoms with van der Waals surface area (Å²) in [6.45, 7) is 5.45. The van der Waals surface area contributed by atoms with E-state index >= 15 is 0 Å². The highest BCUT2D eigenvalue weighted by Crippen LogP contribution is 2.16. The van der Waals surface area contributed by atoms with Gasteiger partial charge in [0.1, 0.15) is 0 Å². The quantitative estimate of drug-likeness (QED) is 0.891. The zero-order valence-corrected chi connectivity index (χ0v) is 11.3. The Hall–Kier alpha value is -0.380. The Kier molecular flexibility index (Phi) is 4.38. The molecule has 0 aromatic heterocycles. The van der Waals surface area contributed by atoms with Gasteiger partial charge in [0, 0.05) is 17.1 Å². The molecule has 1 aromatic carbocycles. The topological polar surface area (TPSA) is 24.1 Å². The molecule has 0 unspecified atom stereocenters. The molecule has 0 atom stereocenters. The van der Waals surface area contributed by atoms with Crippen LogP contribution in [0.1, 0.15) is 24.0 Å². The molecule has 0 aliphatic carbocycles. The van der Waals surface area contributed by atoms with E-state index in [-0.39, 0.29) is 0 Å². The summed E-state index contributed by atoms with van der Waals surface area (Å²) in [6, 6.07) is 7.16. The number of rotatable bonds is 3. The molecular weight excluding hydrogens is 264 g/mol. The second-order valence-corrected chi connectivity index (χ2v) is 5.39. The number of benzene rings is 1. The Balaban J connectivity index is 1.90. The molecule has 3 heteroatoms. The Bertz CT molecular complexity index is 346. The summed E-state index contributed by atoms with van der Waals surface area (Å²) in [5.74, 6) is 0. The Morgan fingerprint density at radius 3 is 2.88 bits per heavy atom. The Morgan fingerprint density at radius 1 is 1.38 bits per heavy atom. The molecule has 0 radical (unpaired) electrons. The molecule has 1 heterocycles. The van der Waals surface area contributed by atoms with E-state index in [9.17, 15) is 0 Å². The fourth-order valence-corrected chi connectivity index (χ4v) is 2.52. The van der Waals surface area contributed by atoms with Crippen molar-refractivity contribution in [2.75, 3.05) is 13.1 Å². The van der Waals surface area contributed by atoms with Crippen LogP contribution in [0.3, 0.4) is 0 Å². The molecule has 0 amide bonds. The van der Waals surface area contributed by atoms with Crippen molar-refractivity contribution in [3.8, 4) is 0 Å². The first-order valence-corrected chi connectivity index (χ1v) is 6.74. The first-order valence-electron chi connectivity index (χ1n) is 5.95. The van der Waals surface area contributed by atoms with Gasteiger partial charge in [-0.15, -0.1) is 0 Å². The minimum atomic E-state index is 0.680. The van der Waals surface area contributed by atoms with E-state index in [4.69, 9.17) is 0 Å². The molecule has 2 rings (SSSR count). The fraction of sp³-hybridized carbons (Fsp3) is 0.538. The molecule has 0 spiro atoms. The number of halogens is 1. The van der Waals surface area contributed by atoms with Crippen LogP contribution in [0.2, 0.25) is 0 Å². The molecule has 1 fully saturated rings. The van der Waals surface area contributed by atoms with Gasteiger partial charge in [0.15, 0.2) is 0 Å². The number of piperidine rings is 1. The highest BCUT2D eigenvalue weighted by atomic mass is 79.9. The van der Waals surface area contributed by atoms with Crippen molar-refractivity contribution in [3.05, 3.63) is 33.8 Å². The number of hydrogen-bond acceptors (Lipinski definition) is 2. The van der Waals surface area contributed by atoms with E-state index in [1.165, 1.54) is 28.4 Å². The van der Waals surface area contributed by atoms with Gasteiger partial charge in [-0.1, -0.05) is 22.0 Å². The zero-order chi connectivity index (χ0) is 11.4. The van der Waals surface area contributed by atoms with Crippen LogP contribution in [0.4, 0.5) is 0 Å². The summed E-state index contributed by atoms with van der Waals surface area (Å²) in [7, 11) is 0. The first-order chi connectivity index (χ1) is 7.75. The van der Waals surface area contributed by atoms with Gasteiger partial charge in [0.2, 0.25) is 0 Å². The van der Waals surface area contributed by atoms with Crippen LogP contribution >= 0.6 is 15.9 Å². The lowest BCUT2D eigenvalue weighted by Gasteiger charge is -2.24. The molecule has 1 aromatic rings. The summed E-state index contributed by atoms with van der Waals surface area (Å²) in [5, 5.41) is 7.03. The minimum Gasteiger partial charge on any atom is -0.317 e. The van der Waals surface area contributed by atoms with Crippen LogP contribution in [-0.4, -0.2) is 19.1 Å². The third-order valence-corrected chi connectivity index (χ3v) is 3.72. The van der Waals surface area contributed by atoms with Crippen LogP contribution in [0.5, 0.6) is 0 Å². The van der Waals surface area contributed by atoms with E-state index in [1.54, 1.807) is 0 Å². The fourth-order valence-electron chi connectivity index (χ4n) is 2.11. The summed E-state index contributed by atoms with van der Waals surface area (Å²) in [4.78, 5) is 0. The lowest BCUT2D eigenvalue weighted by atomic mass is 10.0. The van der Waals surface area contributed by atoms with Crippen molar-refractivity contribution in [2.24, 2.45) is 0 Å². The molecule has 0 bridgehead atoms. The van der Waals surface area contributed by atoms with Gasteiger partial charge < -0.3 is 10.6 Å². The molecule has 1 saturated heterocycles. The van der Waals surface area contributed by atoms with Crippen molar-refractivity contribution in [3.63, 3.8) is 0 Å². The van der Waals surface area contributed by atoms with Crippen molar-refractivity contribution in [2.45, 2.75) is 32.4 Å². The summed E-state index contributed by atoms with van der Waals surface area (Å²) >= 11 is 3.52. The van der Waals surface area contributed by atoms with Gasteiger partial charge in [0.05, 0.1) is 0 Å². The van der Waals surface area contributed by atoms with E-state index in [2.05, 4.69) is 51.7 Å². The molecule has 1 aliphatic rings. The second-order valence-electron chi connectivity index (χ2n) is 4.48. The highest BCUT2D eigenvalue weighted by molar-refractivity contribution is 9.10. The average Bonchev–Trinajstić information content (AvgIpc) is 2.32. The maximum atomic E-state index is 3.65. The molecule has 1 aliphatic heterocycles. The summed E-state index contributed by atoms with van der Waals surface area (Å²) in [6.07, 6.45) is 2.49. The number of aryl methyl sites for hydroxylation is 1. The molecule has 2 nitrogen and oxygen atoms in total. The van der Waals surface area contributed by atoms with E-state index in [1.807, 2.05) is 0 Å². The molecule has 88 valence electrons. The van der Waals surface area contributed by atoms with Gasteiger partial charge in [-0.25, -0.2) is 0 Å². The molecular formula is C13H19BrN2. The predicted octanol–water partition coefficient (Wildman–Crippen LogP) is 2.60. The van der Waals surface area contributed by atoms with Crippen LogP contribution in [0.15, 0.2) is 22.7 Å². The van der Waals surface area contributed by atoms with E-state index in [0.29, 0.717) is 6.04 Å². The maximum absolute atomic E-state index is 3.65. The van der Waals surface area contributed by atoms with E-state index in [0.717, 1.165) is 19.6 Å². The zero-order valence-electron chi connectivity index (χ0n) is 9.72. The van der Waals surface area contributed by atoms with Gasteiger partial charge >= 0.3 is 0 Å². The molecule has 0 saturated carbocycles. The first kappa shape index (κ1) is 12.1. The highest BCUT2D eigenvalue weighted by Gasteiger charge is 2.12. The van der Waals surface area contributed by atoms with Crippen molar-refractivity contribution in [1.82, 2.24) is 10.6 Å². The third-order valence-electron chi connectivity index (χ3n) is 3.23. The summed E-state index contributed by atoms with van der Waals surface area (Å²) in [5.41, 5.74) is 2.76. The standard InChI is InChI=1S/C13H19BrN2/c1-10-2-3-12(14)8-11(10)9-16-13-4-6-15-7-5-13/h2-3,8,13,15-16H,4-7,9H2,1H3. The monoisotopic (exact) mass is 282 g/mol. The maximum Gasteiger partial charge on any atom is 0.0211 e. The van der Waals surface area contributed by atoms with Gasteiger partial charge in [-0.2, -0.15) is 0 Å². The lowest BCUT2D eigenvalue weighted by molar-refractivity contribution is 0.386. The Morgan fingerprint density at radius 2 is 2.12 bits per heavy atom. The Labute approximate surface area is 106 Å². The van der Waals surface area contributed by atoms with Gasteiger partial charge in [0.25, 0.3) is 0 Å². The van der Waals surface area contributed by atoms with Crippen LogP contribution in [-0.2, 0) is 6.54 Å². The van der Waals surface area contributed by atoms with Gasteiger partial charge in [-0.05, 0) is 56.1 Å². The summed E-state index contributed by atoms with van der Waals surface area (Å²) < 4.78 is 1.17. The van der Waals surface area contributed by atoms with Crippen molar-refractivity contribution < 1.29 is 0 Å². The lowest BCUT2D eigenvalue weighted by Crippen LogP contribution is -2.39.